The van der Waals surface area contributed by atoms with Gasteiger partial charge in [0.15, 0.2) is 10.8 Å². The molecule has 0 radical (unpaired) electrons. The van der Waals surface area contributed by atoms with Gasteiger partial charge in [-0.3, -0.25) is 9.78 Å². The number of pyridine rings is 1. The van der Waals surface area contributed by atoms with Crippen molar-refractivity contribution in [2.45, 2.75) is 13.0 Å². The standard InChI is InChI=1S/C18H18N6OS.ClH/c1-12-15(26-17(23-12)16-21-6-3-7-22-16)18(25)24-9-8-20-11-14(24)13-4-2-5-19-10-13;/h2-7,10,14,20H,8-9,11H2,1H3;1H. The molecule has 1 atom stereocenters. The third kappa shape index (κ3) is 3.97. The van der Waals surface area contributed by atoms with Crippen LogP contribution in [-0.2, 0) is 0 Å². The highest BCUT2D eigenvalue weighted by atomic mass is 35.5. The van der Waals surface area contributed by atoms with E-state index < -0.39 is 0 Å². The summed E-state index contributed by atoms with van der Waals surface area (Å²) >= 11 is 1.35. The first-order valence-corrected chi connectivity index (χ1v) is 9.22. The average molecular weight is 403 g/mol. The summed E-state index contributed by atoms with van der Waals surface area (Å²) in [7, 11) is 0. The van der Waals surface area contributed by atoms with E-state index in [4.69, 9.17) is 0 Å². The number of hydrogen-bond donors (Lipinski definition) is 1. The quantitative estimate of drug-likeness (QED) is 0.724. The molecule has 4 rings (SSSR count). The van der Waals surface area contributed by atoms with Crippen LogP contribution >= 0.6 is 23.7 Å². The van der Waals surface area contributed by atoms with Gasteiger partial charge in [-0.1, -0.05) is 6.07 Å². The predicted octanol–water partition coefficient (Wildman–Crippen LogP) is 2.51. The number of aryl methyl sites for hydroxylation is 1. The molecule has 1 aliphatic heterocycles. The van der Waals surface area contributed by atoms with Crippen molar-refractivity contribution in [3.63, 3.8) is 0 Å². The Bertz CT molecular complexity index is 905. The molecule has 7 nitrogen and oxygen atoms in total. The normalized spacial score (nSPS) is 16.6. The van der Waals surface area contributed by atoms with Crippen molar-refractivity contribution in [2.24, 2.45) is 0 Å². The SMILES string of the molecule is Cc1nc(-c2ncccn2)sc1C(=O)N1CCNCC1c1cccnc1.Cl. The number of carbonyl (C=O) groups excluding carboxylic acids is 1. The fourth-order valence-electron chi connectivity index (χ4n) is 3.05. The van der Waals surface area contributed by atoms with Crippen molar-refractivity contribution in [3.05, 3.63) is 59.1 Å². The number of amides is 1. The Morgan fingerprint density at radius 2 is 2.07 bits per heavy atom. The van der Waals surface area contributed by atoms with Crippen molar-refractivity contribution < 1.29 is 4.79 Å². The molecule has 3 aromatic rings. The van der Waals surface area contributed by atoms with Crippen molar-refractivity contribution in [1.29, 1.82) is 0 Å². The molecule has 1 amide bonds. The highest BCUT2D eigenvalue weighted by Crippen LogP contribution is 2.30. The van der Waals surface area contributed by atoms with E-state index in [2.05, 4.69) is 25.3 Å². The predicted molar refractivity (Wildman–Crippen MR) is 106 cm³/mol. The van der Waals surface area contributed by atoms with Gasteiger partial charge in [-0.25, -0.2) is 15.0 Å². The summed E-state index contributed by atoms with van der Waals surface area (Å²) in [5.74, 6) is 0.543. The minimum atomic E-state index is -0.0390. The molecule has 0 aromatic carbocycles. The number of thiazole rings is 1. The maximum atomic E-state index is 13.3. The molecule has 4 heterocycles. The third-order valence-electron chi connectivity index (χ3n) is 4.32. The van der Waals surface area contributed by atoms with Gasteiger partial charge in [-0.2, -0.15) is 0 Å². The number of nitrogens with zero attached hydrogens (tertiary/aromatic N) is 5. The van der Waals surface area contributed by atoms with Gasteiger partial charge in [-0.05, 0) is 24.6 Å². The highest BCUT2D eigenvalue weighted by Gasteiger charge is 2.31. The molecule has 9 heteroatoms. The molecule has 1 unspecified atom stereocenters. The van der Waals surface area contributed by atoms with Crippen LogP contribution in [0.3, 0.4) is 0 Å². The molecule has 3 aromatic heterocycles. The van der Waals surface area contributed by atoms with E-state index in [1.807, 2.05) is 30.2 Å². The molecule has 1 fully saturated rings. The number of carbonyl (C=O) groups is 1. The van der Waals surface area contributed by atoms with E-state index in [0.29, 0.717) is 34.5 Å². The zero-order valence-electron chi connectivity index (χ0n) is 14.7. The van der Waals surface area contributed by atoms with E-state index in [1.54, 1.807) is 24.7 Å². The van der Waals surface area contributed by atoms with Gasteiger partial charge in [0.25, 0.3) is 5.91 Å². The third-order valence-corrected chi connectivity index (χ3v) is 5.46. The summed E-state index contributed by atoms with van der Waals surface area (Å²) in [5.41, 5.74) is 1.74. The Morgan fingerprint density at radius 3 is 2.81 bits per heavy atom. The first-order valence-electron chi connectivity index (χ1n) is 8.40. The lowest BCUT2D eigenvalue weighted by Gasteiger charge is -2.36. The van der Waals surface area contributed by atoms with Crippen molar-refractivity contribution in [2.75, 3.05) is 19.6 Å². The number of nitrogens with one attached hydrogen (secondary N) is 1. The first-order chi connectivity index (χ1) is 12.7. The number of halogens is 1. The topological polar surface area (TPSA) is 83.9 Å². The second kappa shape index (κ2) is 8.51. The fraction of sp³-hybridized carbons (Fsp3) is 0.278. The molecule has 0 spiro atoms. The van der Waals surface area contributed by atoms with Gasteiger partial charge in [-0.15, -0.1) is 23.7 Å². The van der Waals surface area contributed by atoms with Gasteiger partial charge in [0.1, 0.15) is 4.88 Å². The van der Waals surface area contributed by atoms with Gasteiger partial charge in [0.2, 0.25) is 0 Å². The molecule has 1 aliphatic rings. The molecule has 1 N–H and O–H groups in total. The molecular formula is C18H19ClN6OS. The molecule has 0 saturated carbocycles. The maximum absolute atomic E-state index is 13.3. The Balaban J connectivity index is 0.00000210. The van der Waals surface area contributed by atoms with Crippen LogP contribution < -0.4 is 5.32 Å². The molecule has 140 valence electrons. The van der Waals surface area contributed by atoms with Gasteiger partial charge < -0.3 is 10.2 Å². The largest absolute Gasteiger partial charge is 0.328 e. The summed E-state index contributed by atoms with van der Waals surface area (Å²) in [6.07, 6.45) is 6.91. The van der Waals surface area contributed by atoms with Crippen LogP contribution in [0.15, 0.2) is 43.0 Å². The van der Waals surface area contributed by atoms with Gasteiger partial charge in [0.05, 0.1) is 11.7 Å². The lowest BCUT2D eigenvalue weighted by molar-refractivity contribution is 0.0638. The van der Waals surface area contributed by atoms with Crippen LogP contribution in [-0.4, -0.2) is 50.4 Å². The smallest absolute Gasteiger partial charge is 0.266 e. The van der Waals surface area contributed by atoms with Crippen LogP contribution in [0.5, 0.6) is 0 Å². The van der Waals surface area contributed by atoms with E-state index in [1.165, 1.54) is 11.3 Å². The van der Waals surface area contributed by atoms with Crippen molar-refractivity contribution >= 4 is 29.7 Å². The minimum absolute atomic E-state index is 0. The number of hydrogen-bond acceptors (Lipinski definition) is 7. The van der Waals surface area contributed by atoms with E-state index in [9.17, 15) is 4.79 Å². The minimum Gasteiger partial charge on any atom is -0.328 e. The second-order valence-corrected chi connectivity index (χ2v) is 7.01. The molecule has 0 aliphatic carbocycles. The maximum Gasteiger partial charge on any atom is 0.266 e. The lowest BCUT2D eigenvalue weighted by Crippen LogP contribution is -2.48. The molecule has 27 heavy (non-hydrogen) atoms. The lowest BCUT2D eigenvalue weighted by atomic mass is 10.0. The highest BCUT2D eigenvalue weighted by molar-refractivity contribution is 7.17. The second-order valence-electron chi connectivity index (χ2n) is 6.01. The zero-order valence-corrected chi connectivity index (χ0v) is 16.3. The Morgan fingerprint density at radius 1 is 1.26 bits per heavy atom. The summed E-state index contributed by atoms with van der Waals surface area (Å²) in [5, 5.41) is 4.03. The summed E-state index contributed by atoms with van der Waals surface area (Å²) in [4.78, 5) is 33.0. The van der Waals surface area contributed by atoms with Crippen LogP contribution in [0.4, 0.5) is 0 Å². The Kier molecular flexibility index (Phi) is 6.10. The number of piperazine rings is 1. The van der Waals surface area contributed by atoms with Crippen molar-refractivity contribution in [1.82, 2.24) is 30.2 Å². The Labute approximate surface area is 167 Å². The van der Waals surface area contributed by atoms with E-state index in [0.717, 1.165) is 12.1 Å². The van der Waals surface area contributed by atoms with Crippen LogP contribution in [0.1, 0.15) is 27.0 Å². The number of aromatic nitrogens is 4. The van der Waals surface area contributed by atoms with Crippen LogP contribution in [0, 0.1) is 6.92 Å². The summed E-state index contributed by atoms with van der Waals surface area (Å²) in [6.45, 7) is 3.99. The fourth-order valence-corrected chi connectivity index (χ4v) is 4.02. The monoisotopic (exact) mass is 402 g/mol. The Hall–Kier alpha value is -2.42. The summed E-state index contributed by atoms with van der Waals surface area (Å²) in [6, 6.07) is 5.63. The first kappa shape index (κ1) is 19.3. The zero-order chi connectivity index (χ0) is 17.9. The van der Waals surface area contributed by atoms with Crippen LogP contribution in [0.25, 0.3) is 10.8 Å². The van der Waals surface area contributed by atoms with Gasteiger partial charge >= 0.3 is 0 Å². The van der Waals surface area contributed by atoms with Crippen LogP contribution in [0.2, 0.25) is 0 Å². The summed E-state index contributed by atoms with van der Waals surface area (Å²) < 4.78 is 0. The van der Waals surface area contributed by atoms with E-state index >= 15 is 0 Å². The number of rotatable bonds is 3. The molecule has 0 bridgehead atoms. The molecule has 1 saturated heterocycles. The van der Waals surface area contributed by atoms with Crippen molar-refractivity contribution in [3.8, 4) is 10.8 Å². The molecular weight excluding hydrogens is 384 g/mol. The van der Waals surface area contributed by atoms with Gasteiger partial charge in [0, 0.05) is 44.4 Å². The average Bonchev–Trinajstić information content (AvgIpc) is 3.10. The van der Waals surface area contributed by atoms with E-state index in [-0.39, 0.29) is 24.4 Å².